The Balaban J connectivity index is 1.94. The molecule has 1 aliphatic heterocycles. The van der Waals surface area contributed by atoms with E-state index in [1.807, 2.05) is 18.3 Å². The van der Waals surface area contributed by atoms with Gasteiger partial charge in [-0.3, -0.25) is 0 Å². The fourth-order valence-corrected chi connectivity index (χ4v) is 3.42. The summed E-state index contributed by atoms with van der Waals surface area (Å²) in [5, 5.41) is 9.19. The first-order valence-electron chi connectivity index (χ1n) is 8.36. The van der Waals surface area contributed by atoms with E-state index < -0.39 is 0 Å². The number of aliphatic hydroxyl groups excluding tert-OH is 1. The van der Waals surface area contributed by atoms with Crippen molar-refractivity contribution in [2.75, 3.05) is 19.7 Å². The molecule has 1 unspecified atom stereocenters. The van der Waals surface area contributed by atoms with Gasteiger partial charge in [-0.25, -0.2) is 9.97 Å². The summed E-state index contributed by atoms with van der Waals surface area (Å²) < 4.78 is 2.22. The Morgan fingerprint density at radius 3 is 3.05 bits per heavy atom. The zero-order chi connectivity index (χ0) is 15.5. The fourth-order valence-electron chi connectivity index (χ4n) is 3.42. The minimum Gasteiger partial charge on any atom is -0.396 e. The molecule has 0 saturated carbocycles. The number of hydrogen-bond donors (Lipinski definition) is 1. The molecule has 2 aromatic rings. The van der Waals surface area contributed by atoms with Crippen molar-refractivity contribution in [3.05, 3.63) is 24.2 Å². The Labute approximate surface area is 132 Å². The van der Waals surface area contributed by atoms with Gasteiger partial charge in [0, 0.05) is 37.9 Å². The fraction of sp³-hybridized carbons (Fsp3) is 0.647. The zero-order valence-electron chi connectivity index (χ0n) is 13.6. The summed E-state index contributed by atoms with van der Waals surface area (Å²) in [6.07, 6.45) is 4.98. The maximum atomic E-state index is 9.19. The Kier molecular flexibility index (Phi) is 4.74. The van der Waals surface area contributed by atoms with E-state index >= 15 is 0 Å². The molecule has 22 heavy (non-hydrogen) atoms. The third kappa shape index (κ3) is 3.01. The highest BCUT2D eigenvalue weighted by molar-refractivity contribution is 5.71. The van der Waals surface area contributed by atoms with E-state index in [1.54, 1.807) is 0 Å². The average molecular weight is 302 g/mol. The number of aryl methyl sites for hydroxylation is 1. The van der Waals surface area contributed by atoms with Crippen molar-refractivity contribution in [2.45, 2.75) is 51.6 Å². The van der Waals surface area contributed by atoms with Crippen LogP contribution in [-0.4, -0.2) is 50.3 Å². The van der Waals surface area contributed by atoms with Crippen molar-refractivity contribution in [1.82, 2.24) is 19.4 Å². The number of pyridine rings is 1. The van der Waals surface area contributed by atoms with Gasteiger partial charge in [0.1, 0.15) is 11.3 Å². The van der Waals surface area contributed by atoms with E-state index in [0.717, 1.165) is 36.5 Å². The van der Waals surface area contributed by atoms with Crippen molar-refractivity contribution in [2.24, 2.45) is 0 Å². The molecule has 5 nitrogen and oxygen atoms in total. The Morgan fingerprint density at radius 2 is 2.27 bits per heavy atom. The molecular formula is C17H26N4O. The Hall–Kier alpha value is -1.46. The molecule has 3 rings (SSSR count). The molecule has 0 aromatic carbocycles. The first-order valence-corrected chi connectivity index (χ1v) is 8.36. The number of imidazole rings is 1. The average Bonchev–Trinajstić information content (AvgIpc) is 2.91. The third-order valence-corrected chi connectivity index (χ3v) is 4.62. The van der Waals surface area contributed by atoms with E-state index in [9.17, 15) is 5.11 Å². The predicted molar refractivity (Wildman–Crippen MR) is 87.9 cm³/mol. The standard InChI is InChI=1S/C17H26N4O/c1-13(2)20-9-4-6-14(12-20)16-19-15-7-3-8-18-17(15)21(16)10-5-11-22/h3,7-8,13-14,22H,4-6,9-12H2,1-2H3. The number of aromatic nitrogens is 3. The van der Waals surface area contributed by atoms with Crippen LogP contribution in [0.5, 0.6) is 0 Å². The number of piperidine rings is 1. The van der Waals surface area contributed by atoms with Crippen LogP contribution in [0, 0.1) is 0 Å². The zero-order valence-corrected chi connectivity index (χ0v) is 13.6. The summed E-state index contributed by atoms with van der Waals surface area (Å²) in [6.45, 7) is 7.77. The van der Waals surface area contributed by atoms with Gasteiger partial charge < -0.3 is 14.6 Å². The number of rotatable bonds is 5. The minimum atomic E-state index is 0.203. The highest BCUT2D eigenvalue weighted by Gasteiger charge is 2.27. The maximum Gasteiger partial charge on any atom is 0.159 e. The Bertz CT molecular complexity index is 622. The number of fused-ring (bicyclic) bond motifs is 1. The molecule has 1 saturated heterocycles. The lowest BCUT2D eigenvalue weighted by atomic mass is 9.96. The molecule has 0 aliphatic carbocycles. The van der Waals surface area contributed by atoms with Gasteiger partial charge in [0.2, 0.25) is 0 Å². The van der Waals surface area contributed by atoms with E-state index in [1.165, 1.54) is 19.4 Å². The SMILES string of the molecule is CC(C)N1CCCC(c2nc3cccnc3n2CCCO)C1. The van der Waals surface area contributed by atoms with E-state index in [0.29, 0.717) is 12.0 Å². The normalized spacial score (nSPS) is 20.1. The third-order valence-electron chi connectivity index (χ3n) is 4.62. The molecular weight excluding hydrogens is 276 g/mol. The van der Waals surface area contributed by atoms with Crippen molar-refractivity contribution >= 4 is 11.2 Å². The lowest BCUT2D eigenvalue weighted by molar-refractivity contribution is 0.163. The number of hydrogen-bond acceptors (Lipinski definition) is 4. The van der Waals surface area contributed by atoms with Crippen LogP contribution in [0.1, 0.15) is 44.9 Å². The summed E-state index contributed by atoms with van der Waals surface area (Å²) >= 11 is 0. The summed E-state index contributed by atoms with van der Waals surface area (Å²) in [6, 6.07) is 4.55. The molecule has 120 valence electrons. The van der Waals surface area contributed by atoms with Crippen molar-refractivity contribution in [3.8, 4) is 0 Å². The van der Waals surface area contributed by atoms with Crippen molar-refractivity contribution < 1.29 is 5.11 Å². The van der Waals surface area contributed by atoms with Crippen LogP contribution < -0.4 is 0 Å². The van der Waals surface area contributed by atoms with Crippen LogP contribution in [0.15, 0.2) is 18.3 Å². The molecule has 0 bridgehead atoms. The second-order valence-electron chi connectivity index (χ2n) is 6.47. The van der Waals surface area contributed by atoms with E-state index in [4.69, 9.17) is 4.98 Å². The minimum absolute atomic E-state index is 0.203. The van der Waals surface area contributed by atoms with Gasteiger partial charge in [0.15, 0.2) is 5.65 Å². The van der Waals surface area contributed by atoms with Gasteiger partial charge in [-0.1, -0.05) is 0 Å². The van der Waals surface area contributed by atoms with Crippen LogP contribution in [-0.2, 0) is 6.54 Å². The molecule has 1 aliphatic rings. The highest BCUT2D eigenvalue weighted by Crippen LogP contribution is 2.29. The summed E-state index contributed by atoms with van der Waals surface area (Å²) in [5.41, 5.74) is 1.92. The molecule has 5 heteroatoms. The van der Waals surface area contributed by atoms with Crippen LogP contribution in [0.2, 0.25) is 0 Å². The van der Waals surface area contributed by atoms with Crippen molar-refractivity contribution in [1.29, 1.82) is 0 Å². The van der Waals surface area contributed by atoms with Gasteiger partial charge in [-0.2, -0.15) is 0 Å². The summed E-state index contributed by atoms with van der Waals surface area (Å²) in [4.78, 5) is 11.9. The first kappa shape index (κ1) is 15.4. The lowest BCUT2D eigenvalue weighted by Gasteiger charge is -2.35. The van der Waals surface area contributed by atoms with Crippen LogP contribution in [0.4, 0.5) is 0 Å². The summed E-state index contributed by atoms with van der Waals surface area (Å²) in [5.74, 6) is 1.61. The van der Waals surface area contributed by atoms with E-state index in [2.05, 4.69) is 28.3 Å². The topological polar surface area (TPSA) is 54.2 Å². The summed E-state index contributed by atoms with van der Waals surface area (Å²) in [7, 11) is 0. The monoisotopic (exact) mass is 302 g/mol. The molecule has 0 spiro atoms. The van der Waals surface area contributed by atoms with Gasteiger partial charge >= 0.3 is 0 Å². The molecule has 1 fully saturated rings. The Morgan fingerprint density at radius 1 is 1.41 bits per heavy atom. The van der Waals surface area contributed by atoms with Gasteiger partial charge in [0.05, 0.1) is 0 Å². The van der Waals surface area contributed by atoms with Crippen LogP contribution in [0.25, 0.3) is 11.2 Å². The predicted octanol–water partition coefficient (Wildman–Crippen LogP) is 2.40. The highest BCUT2D eigenvalue weighted by atomic mass is 16.3. The number of aliphatic hydroxyl groups is 1. The maximum absolute atomic E-state index is 9.19. The molecule has 1 N–H and O–H groups in total. The van der Waals surface area contributed by atoms with Crippen LogP contribution in [0.3, 0.4) is 0 Å². The van der Waals surface area contributed by atoms with Gasteiger partial charge in [-0.15, -0.1) is 0 Å². The van der Waals surface area contributed by atoms with Gasteiger partial charge in [-0.05, 0) is 51.8 Å². The second-order valence-corrected chi connectivity index (χ2v) is 6.47. The molecule has 0 radical (unpaired) electrons. The molecule has 3 heterocycles. The van der Waals surface area contributed by atoms with Crippen molar-refractivity contribution in [3.63, 3.8) is 0 Å². The second kappa shape index (κ2) is 6.75. The van der Waals surface area contributed by atoms with Crippen LogP contribution >= 0.6 is 0 Å². The number of likely N-dealkylation sites (tertiary alicyclic amines) is 1. The molecule has 1 atom stereocenters. The largest absolute Gasteiger partial charge is 0.396 e. The first-order chi connectivity index (χ1) is 10.7. The molecule has 0 amide bonds. The van der Waals surface area contributed by atoms with Gasteiger partial charge in [0.25, 0.3) is 0 Å². The molecule has 2 aromatic heterocycles. The number of nitrogens with zero attached hydrogens (tertiary/aromatic N) is 4. The smallest absolute Gasteiger partial charge is 0.159 e. The van der Waals surface area contributed by atoms with E-state index in [-0.39, 0.29) is 6.61 Å². The lowest BCUT2D eigenvalue weighted by Crippen LogP contribution is -2.39. The quantitative estimate of drug-likeness (QED) is 0.921.